The minimum absolute atomic E-state index is 0.146. The van der Waals surface area contributed by atoms with Crippen molar-refractivity contribution in [3.8, 4) is 0 Å². The molecule has 1 heterocycles. The van der Waals surface area contributed by atoms with Crippen LogP contribution in [0.15, 0.2) is 19.4 Å². The number of halogens is 2. The number of rotatable bonds is 0. The van der Waals surface area contributed by atoms with Crippen molar-refractivity contribution in [1.82, 2.24) is 0 Å². The Morgan fingerprint density at radius 2 is 2.38 bits per heavy atom. The molecule has 1 aliphatic rings. The van der Waals surface area contributed by atoms with Gasteiger partial charge in [0.1, 0.15) is 0 Å². The normalized spacial score (nSPS) is 18.6. The summed E-state index contributed by atoms with van der Waals surface area (Å²) in [5, 5.41) is 0. The van der Waals surface area contributed by atoms with E-state index in [1.54, 1.807) is 0 Å². The molecule has 0 saturated carbocycles. The highest BCUT2D eigenvalue weighted by Crippen LogP contribution is 2.16. The van der Waals surface area contributed by atoms with E-state index >= 15 is 0 Å². The number of allylic oxidation sites excluding steroid dienone is 2. The summed E-state index contributed by atoms with van der Waals surface area (Å²) in [7, 11) is 0. The molecule has 8 heavy (non-hydrogen) atoms. The van der Waals surface area contributed by atoms with Gasteiger partial charge in [0.15, 0.2) is 0 Å². The van der Waals surface area contributed by atoms with Crippen molar-refractivity contribution >= 4 is 47.3 Å². The summed E-state index contributed by atoms with van der Waals surface area (Å²) >= 11 is 2.43. The minimum Gasteiger partial charge on any atom is -0.398 e. The number of hydrogen-bond acceptors (Lipinski definition) is 1. The lowest BCUT2D eigenvalue weighted by molar-refractivity contribution is 1.45. The first-order valence-electron chi connectivity index (χ1n) is 2.07. The second-order valence-corrected chi connectivity index (χ2v) is 4.58. The van der Waals surface area contributed by atoms with Crippen molar-refractivity contribution in [1.29, 1.82) is 0 Å². The predicted molar refractivity (Wildman–Crippen MR) is 54.5 cm³/mol. The molecule has 1 rings (SSSR count). The molecule has 0 fully saturated rings. The van der Waals surface area contributed by atoms with E-state index in [0.717, 1.165) is 5.70 Å². The van der Waals surface area contributed by atoms with Gasteiger partial charge < -0.3 is 5.73 Å². The molecule has 0 aromatic carbocycles. The monoisotopic (exact) mass is 333 g/mol. The smallest absolute Gasteiger partial charge is 0.0382 e. The first-order chi connectivity index (χ1) is 3.79. The fourth-order valence-electron chi connectivity index (χ4n) is 0.387. The number of hydrogen-bond donors (Lipinski definition) is 1. The molecule has 3 heteroatoms. The molecular formula is C5H5I2N. The van der Waals surface area contributed by atoms with Crippen molar-refractivity contribution in [3.05, 3.63) is 19.4 Å². The van der Waals surface area contributed by atoms with Crippen LogP contribution in [0.2, 0.25) is 0 Å². The Labute approximate surface area is 71.9 Å². The van der Waals surface area contributed by atoms with Crippen LogP contribution in [0.1, 0.15) is 0 Å². The van der Waals surface area contributed by atoms with E-state index in [9.17, 15) is 0 Å². The SMILES string of the molecule is NC1=CI=CC(I)=C1. The maximum atomic E-state index is 5.51. The molecule has 1 nitrogen and oxygen atoms in total. The standard InChI is InChI=1S/C5H5I2N/c6-4-1-5(8)3-7-2-4/h1-3H,8H2. The third-order valence-electron chi connectivity index (χ3n) is 0.661. The summed E-state index contributed by atoms with van der Waals surface area (Å²) in [6, 6.07) is 0. The van der Waals surface area contributed by atoms with E-state index in [-0.39, 0.29) is 20.7 Å². The van der Waals surface area contributed by atoms with Crippen LogP contribution >= 0.6 is 43.3 Å². The summed E-state index contributed by atoms with van der Waals surface area (Å²) in [5.41, 5.74) is 6.45. The van der Waals surface area contributed by atoms with Crippen molar-refractivity contribution in [3.63, 3.8) is 0 Å². The lowest BCUT2D eigenvalue weighted by atomic mass is 10.4. The molecule has 2 N–H and O–H groups in total. The summed E-state index contributed by atoms with van der Waals surface area (Å²) in [6.45, 7) is 0. The van der Waals surface area contributed by atoms with Crippen molar-refractivity contribution in [2.45, 2.75) is 0 Å². The maximum absolute atomic E-state index is 5.51. The highest BCUT2D eigenvalue weighted by molar-refractivity contribution is 14.2. The van der Waals surface area contributed by atoms with Gasteiger partial charge >= 0.3 is 0 Å². The Morgan fingerprint density at radius 3 is 2.75 bits per heavy atom. The molecule has 0 aromatic heterocycles. The van der Waals surface area contributed by atoms with Gasteiger partial charge in [0.25, 0.3) is 0 Å². The second kappa shape index (κ2) is 2.95. The van der Waals surface area contributed by atoms with Gasteiger partial charge in [0.05, 0.1) is 0 Å². The molecule has 0 amide bonds. The molecule has 0 bridgehead atoms. The molecule has 0 saturated heterocycles. The van der Waals surface area contributed by atoms with Gasteiger partial charge in [-0.3, -0.25) is 0 Å². The molecule has 0 atom stereocenters. The average Bonchev–Trinajstić information content (AvgIpc) is 1.64. The molecule has 0 aliphatic carbocycles. The van der Waals surface area contributed by atoms with Gasteiger partial charge in [0, 0.05) is 9.28 Å². The van der Waals surface area contributed by atoms with Crippen LogP contribution < -0.4 is 5.73 Å². The van der Waals surface area contributed by atoms with Gasteiger partial charge in [-0.05, 0) is 36.8 Å². The summed E-state index contributed by atoms with van der Waals surface area (Å²) < 4.78 is 5.65. The Morgan fingerprint density at radius 1 is 1.62 bits per heavy atom. The third-order valence-corrected chi connectivity index (χ3v) is 4.58. The van der Waals surface area contributed by atoms with E-state index in [2.05, 4.69) is 30.7 Å². The largest absolute Gasteiger partial charge is 0.398 e. The van der Waals surface area contributed by atoms with E-state index in [4.69, 9.17) is 5.73 Å². The lowest BCUT2D eigenvalue weighted by Crippen LogP contribution is -1.93. The van der Waals surface area contributed by atoms with E-state index in [1.807, 2.05) is 6.08 Å². The molecule has 0 aromatic rings. The quantitative estimate of drug-likeness (QED) is 0.674. The van der Waals surface area contributed by atoms with Crippen LogP contribution in [0, 0.1) is 0 Å². The minimum atomic E-state index is 0.146. The molecule has 44 valence electrons. The molecule has 0 radical (unpaired) electrons. The van der Waals surface area contributed by atoms with Gasteiger partial charge in [0.2, 0.25) is 0 Å². The Kier molecular flexibility index (Phi) is 2.48. The first-order valence-corrected chi connectivity index (χ1v) is 5.64. The Hall–Kier alpha value is 0.610. The van der Waals surface area contributed by atoms with Gasteiger partial charge in [-0.25, -0.2) is 0 Å². The number of nitrogens with two attached hydrogens (primary N) is 1. The maximum Gasteiger partial charge on any atom is 0.0382 e. The van der Waals surface area contributed by atoms with Crippen LogP contribution in [0.3, 0.4) is 0 Å². The predicted octanol–water partition coefficient (Wildman–Crippen LogP) is 1.89. The topological polar surface area (TPSA) is 26.0 Å². The summed E-state index contributed by atoms with van der Waals surface area (Å²) in [4.78, 5) is 0. The fraction of sp³-hybridized carbons (Fsp3) is 0. The van der Waals surface area contributed by atoms with Gasteiger partial charge in [-0.1, -0.05) is 20.7 Å². The lowest BCUT2D eigenvalue weighted by Gasteiger charge is -1.95. The second-order valence-electron chi connectivity index (χ2n) is 1.37. The highest BCUT2D eigenvalue weighted by Gasteiger charge is 1.90. The fourth-order valence-corrected chi connectivity index (χ4v) is 2.96. The Balaban J connectivity index is 2.89. The van der Waals surface area contributed by atoms with E-state index in [1.165, 1.54) is 3.58 Å². The van der Waals surface area contributed by atoms with Crippen LogP contribution in [-0.4, -0.2) is 4.01 Å². The highest BCUT2D eigenvalue weighted by atomic mass is 127. The molecule has 0 spiro atoms. The molecular weight excluding hydrogens is 328 g/mol. The summed E-state index contributed by atoms with van der Waals surface area (Å²) in [5.74, 6) is 0. The van der Waals surface area contributed by atoms with E-state index < -0.39 is 0 Å². The van der Waals surface area contributed by atoms with Crippen molar-refractivity contribution in [2.75, 3.05) is 0 Å². The Bertz CT molecular complexity index is 176. The van der Waals surface area contributed by atoms with Crippen molar-refractivity contribution in [2.24, 2.45) is 5.73 Å². The van der Waals surface area contributed by atoms with Crippen LogP contribution in [0.4, 0.5) is 0 Å². The zero-order valence-electron chi connectivity index (χ0n) is 4.07. The van der Waals surface area contributed by atoms with Crippen molar-refractivity contribution < 1.29 is 0 Å². The van der Waals surface area contributed by atoms with Gasteiger partial charge in [-0.15, -0.1) is 0 Å². The first kappa shape index (κ1) is 6.73. The molecule has 1 aliphatic heterocycles. The zero-order chi connectivity index (χ0) is 5.98. The van der Waals surface area contributed by atoms with Crippen LogP contribution in [0.5, 0.6) is 0 Å². The van der Waals surface area contributed by atoms with E-state index in [0.29, 0.717) is 0 Å². The third kappa shape index (κ3) is 1.85. The zero-order valence-corrected chi connectivity index (χ0v) is 8.38. The molecule has 0 unspecified atom stereocenters. The van der Waals surface area contributed by atoms with Crippen LogP contribution in [0.25, 0.3) is 0 Å². The van der Waals surface area contributed by atoms with Crippen LogP contribution in [-0.2, 0) is 0 Å². The summed E-state index contributed by atoms with van der Waals surface area (Å²) in [6.07, 6.45) is 1.99. The average molecular weight is 333 g/mol. The van der Waals surface area contributed by atoms with Gasteiger partial charge in [-0.2, -0.15) is 0 Å².